The minimum Gasteiger partial charge on any atom is -0.352 e. The molecule has 1 heterocycles. The second-order valence-corrected chi connectivity index (χ2v) is 4.25. The van der Waals surface area contributed by atoms with E-state index in [1.165, 1.54) is 12.8 Å². The van der Waals surface area contributed by atoms with Crippen LogP contribution < -0.4 is 4.90 Å². The van der Waals surface area contributed by atoms with Gasteiger partial charge in [-0.2, -0.15) is 5.26 Å². The number of hydrogen-bond acceptors (Lipinski definition) is 4. The summed E-state index contributed by atoms with van der Waals surface area (Å²) < 4.78 is 0. The van der Waals surface area contributed by atoms with Crippen LogP contribution in [-0.2, 0) is 0 Å². The summed E-state index contributed by atoms with van der Waals surface area (Å²) >= 11 is 0. The number of nitriles is 1. The largest absolute Gasteiger partial charge is 0.352 e. The Hall–Kier alpha value is -1.63. The van der Waals surface area contributed by atoms with E-state index >= 15 is 0 Å². The van der Waals surface area contributed by atoms with Gasteiger partial charge in [0.25, 0.3) is 0 Å². The van der Waals surface area contributed by atoms with Gasteiger partial charge in [-0.25, -0.2) is 9.97 Å². The summed E-state index contributed by atoms with van der Waals surface area (Å²) in [6.07, 6.45) is 2.99. The van der Waals surface area contributed by atoms with Crippen LogP contribution in [0.5, 0.6) is 0 Å². The van der Waals surface area contributed by atoms with Crippen molar-refractivity contribution in [2.45, 2.75) is 39.2 Å². The van der Waals surface area contributed by atoms with E-state index in [2.05, 4.69) is 20.9 Å². The zero-order chi connectivity index (χ0) is 11.5. The topological polar surface area (TPSA) is 52.8 Å². The minimum absolute atomic E-state index is 0.554. The molecule has 0 radical (unpaired) electrons. The highest BCUT2D eigenvalue weighted by atomic mass is 15.2. The van der Waals surface area contributed by atoms with Crippen molar-refractivity contribution in [2.75, 3.05) is 11.4 Å². The Balaban J connectivity index is 2.20. The molecule has 1 aromatic rings. The van der Waals surface area contributed by atoms with Gasteiger partial charge in [0.1, 0.15) is 11.6 Å². The Labute approximate surface area is 95.9 Å². The van der Waals surface area contributed by atoms with Crippen LogP contribution in [0, 0.1) is 25.2 Å². The Morgan fingerprint density at radius 1 is 1.44 bits per heavy atom. The zero-order valence-electron chi connectivity index (χ0n) is 9.77. The van der Waals surface area contributed by atoms with Gasteiger partial charge in [-0.1, -0.05) is 0 Å². The minimum atomic E-state index is 0.554. The average Bonchev–Trinajstić information content (AvgIpc) is 3.01. The Bertz CT molecular complexity index is 397. The number of aromatic nitrogens is 2. The molecule has 4 nitrogen and oxygen atoms in total. The number of anilines is 1. The molecular weight excluding hydrogens is 200 g/mol. The van der Waals surface area contributed by atoms with Gasteiger partial charge in [-0.3, -0.25) is 0 Å². The van der Waals surface area contributed by atoms with Crippen molar-refractivity contribution >= 4 is 5.82 Å². The summed E-state index contributed by atoms with van der Waals surface area (Å²) in [6.45, 7) is 4.66. The first-order chi connectivity index (χ1) is 7.70. The molecular formula is C12H16N4. The standard InChI is InChI=1S/C12H16N4/c1-9-8-12(15-10(2)14-9)16(7-3-6-13)11-4-5-11/h8,11H,3-5,7H2,1-2H3. The maximum absolute atomic E-state index is 8.66. The van der Waals surface area contributed by atoms with E-state index < -0.39 is 0 Å². The molecule has 0 amide bonds. The fourth-order valence-corrected chi connectivity index (χ4v) is 1.89. The molecule has 1 saturated carbocycles. The van der Waals surface area contributed by atoms with Crippen LogP contribution in [0.25, 0.3) is 0 Å². The lowest BCUT2D eigenvalue weighted by Crippen LogP contribution is -2.28. The summed E-state index contributed by atoms with van der Waals surface area (Å²) in [5.41, 5.74) is 0.991. The highest BCUT2D eigenvalue weighted by molar-refractivity contribution is 5.42. The highest BCUT2D eigenvalue weighted by Crippen LogP contribution is 2.30. The van der Waals surface area contributed by atoms with Crippen molar-refractivity contribution in [3.8, 4) is 6.07 Å². The average molecular weight is 216 g/mol. The van der Waals surface area contributed by atoms with Crippen LogP contribution in [-0.4, -0.2) is 22.6 Å². The smallest absolute Gasteiger partial charge is 0.132 e. The molecule has 0 saturated heterocycles. The van der Waals surface area contributed by atoms with Crippen LogP contribution >= 0.6 is 0 Å². The first kappa shape index (κ1) is 10.9. The first-order valence-corrected chi connectivity index (χ1v) is 5.66. The highest BCUT2D eigenvalue weighted by Gasteiger charge is 2.29. The second kappa shape index (κ2) is 4.48. The van der Waals surface area contributed by atoms with Gasteiger partial charge in [-0.15, -0.1) is 0 Å². The molecule has 1 fully saturated rings. The number of aryl methyl sites for hydroxylation is 2. The molecule has 84 valence electrons. The molecule has 4 heteroatoms. The maximum Gasteiger partial charge on any atom is 0.132 e. The van der Waals surface area contributed by atoms with E-state index in [1.54, 1.807) is 0 Å². The Morgan fingerprint density at radius 3 is 2.75 bits per heavy atom. The van der Waals surface area contributed by atoms with E-state index in [1.807, 2.05) is 19.9 Å². The molecule has 0 aromatic carbocycles. The van der Waals surface area contributed by atoms with E-state index in [-0.39, 0.29) is 0 Å². The van der Waals surface area contributed by atoms with Crippen LogP contribution in [0.2, 0.25) is 0 Å². The lowest BCUT2D eigenvalue weighted by Gasteiger charge is -2.22. The number of nitrogens with zero attached hydrogens (tertiary/aromatic N) is 4. The number of hydrogen-bond donors (Lipinski definition) is 0. The van der Waals surface area contributed by atoms with Gasteiger partial charge in [0.2, 0.25) is 0 Å². The van der Waals surface area contributed by atoms with Crippen LogP contribution in [0.1, 0.15) is 30.8 Å². The van der Waals surface area contributed by atoms with Gasteiger partial charge in [0.05, 0.1) is 12.5 Å². The van der Waals surface area contributed by atoms with Crippen molar-refractivity contribution in [1.29, 1.82) is 5.26 Å². The van der Waals surface area contributed by atoms with Crippen molar-refractivity contribution < 1.29 is 0 Å². The van der Waals surface area contributed by atoms with Crippen LogP contribution in [0.3, 0.4) is 0 Å². The molecule has 0 unspecified atom stereocenters. The summed E-state index contributed by atoms with van der Waals surface area (Å²) in [5.74, 6) is 1.78. The van der Waals surface area contributed by atoms with Gasteiger partial charge < -0.3 is 4.90 Å². The molecule has 16 heavy (non-hydrogen) atoms. The van der Waals surface area contributed by atoms with Crippen LogP contribution in [0.4, 0.5) is 5.82 Å². The molecule has 0 N–H and O–H groups in total. The lowest BCUT2D eigenvalue weighted by atomic mass is 10.3. The molecule has 1 aromatic heterocycles. The predicted octanol–water partition coefficient (Wildman–Crippen LogP) is 1.98. The number of rotatable bonds is 4. The monoisotopic (exact) mass is 216 g/mol. The Morgan fingerprint density at radius 2 is 2.19 bits per heavy atom. The third kappa shape index (κ3) is 2.48. The molecule has 0 aliphatic heterocycles. The van der Waals surface area contributed by atoms with E-state index in [0.29, 0.717) is 12.5 Å². The fraction of sp³-hybridized carbons (Fsp3) is 0.583. The molecule has 1 aliphatic carbocycles. The summed E-state index contributed by atoms with van der Waals surface area (Å²) in [6, 6.07) is 4.78. The third-order valence-corrected chi connectivity index (χ3v) is 2.70. The summed E-state index contributed by atoms with van der Waals surface area (Å²) in [4.78, 5) is 11.0. The van der Waals surface area contributed by atoms with E-state index in [4.69, 9.17) is 5.26 Å². The molecule has 1 aliphatic rings. The van der Waals surface area contributed by atoms with Gasteiger partial charge in [0.15, 0.2) is 0 Å². The molecule has 0 bridgehead atoms. The van der Waals surface area contributed by atoms with Crippen LogP contribution in [0.15, 0.2) is 6.07 Å². The van der Waals surface area contributed by atoms with E-state index in [9.17, 15) is 0 Å². The normalized spacial score (nSPS) is 14.6. The zero-order valence-corrected chi connectivity index (χ0v) is 9.77. The fourth-order valence-electron chi connectivity index (χ4n) is 1.89. The SMILES string of the molecule is Cc1cc(N(CCC#N)C2CC2)nc(C)n1. The van der Waals surface area contributed by atoms with Gasteiger partial charge >= 0.3 is 0 Å². The van der Waals surface area contributed by atoms with Crippen molar-refractivity contribution in [3.05, 3.63) is 17.6 Å². The quantitative estimate of drug-likeness (QED) is 0.772. The summed E-state index contributed by atoms with van der Waals surface area (Å²) in [5, 5.41) is 8.66. The maximum atomic E-state index is 8.66. The molecule has 0 atom stereocenters. The molecule has 2 rings (SSSR count). The van der Waals surface area contributed by atoms with Gasteiger partial charge in [0, 0.05) is 24.3 Å². The second-order valence-electron chi connectivity index (χ2n) is 4.25. The predicted molar refractivity (Wildman–Crippen MR) is 62.1 cm³/mol. The van der Waals surface area contributed by atoms with E-state index in [0.717, 1.165) is 23.9 Å². The first-order valence-electron chi connectivity index (χ1n) is 5.66. The van der Waals surface area contributed by atoms with Crippen molar-refractivity contribution in [1.82, 2.24) is 9.97 Å². The lowest BCUT2D eigenvalue weighted by molar-refractivity contribution is 0.769. The third-order valence-electron chi connectivity index (χ3n) is 2.70. The summed E-state index contributed by atoms with van der Waals surface area (Å²) in [7, 11) is 0. The molecule has 0 spiro atoms. The van der Waals surface area contributed by atoms with Crippen molar-refractivity contribution in [2.24, 2.45) is 0 Å². The van der Waals surface area contributed by atoms with Crippen molar-refractivity contribution in [3.63, 3.8) is 0 Å². The van der Waals surface area contributed by atoms with Gasteiger partial charge in [-0.05, 0) is 26.7 Å². The Kier molecular flexibility index (Phi) is 3.04.